The van der Waals surface area contributed by atoms with Gasteiger partial charge in [-0.2, -0.15) is 0 Å². The summed E-state index contributed by atoms with van der Waals surface area (Å²) < 4.78 is 0. The lowest BCUT2D eigenvalue weighted by molar-refractivity contribution is 1.44. The average Bonchev–Trinajstić information content (AvgIpc) is 2.85. The molecule has 5 aromatic carbocycles. The van der Waals surface area contributed by atoms with Gasteiger partial charge in [-0.05, 0) is 95.1 Å². The Bertz CT molecular complexity index is 1390. The van der Waals surface area contributed by atoms with Crippen LogP contribution in [0.5, 0.6) is 0 Å². The van der Waals surface area contributed by atoms with Gasteiger partial charge in [0.25, 0.3) is 0 Å². The van der Waals surface area contributed by atoms with Gasteiger partial charge in [0, 0.05) is 0 Å². The summed E-state index contributed by atoms with van der Waals surface area (Å²) in [6.45, 7) is 6.45. The highest BCUT2D eigenvalue weighted by atomic mass is 14.1. The Kier molecular flexibility index (Phi) is 5.67. The molecule has 0 N–H and O–H groups in total. The first-order valence-corrected chi connectivity index (χ1v) is 11.5. The van der Waals surface area contributed by atoms with Crippen LogP contribution in [-0.4, -0.2) is 0 Å². The Hall–Kier alpha value is -3.90. The molecule has 0 bridgehead atoms. The Balaban J connectivity index is 1.68. The van der Waals surface area contributed by atoms with E-state index < -0.39 is 0 Å². The van der Waals surface area contributed by atoms with Gasteiger partial charge in [0.1, 0.15) is 0 Å². The molecule has 0 spiro atoms. The van der Waals surface area contributed by atoms with E-state index in [1.165, 1.54) is 61.2 Å². The van der Waals surface area contributed by atoms with Gasteiger partial charge in [-0.15, -0.1) is 0 Å². The fraction of sp³-hybridized carbons (Fsp3) is 0.0909. The third kappa shape index (κ3) is 4.66. The lowest BCUT2D eigenvalue weighted by Gasteiger charge is -2.13. The van der Waals surface area contributed by atoms with Crippen LogP contribution in [0.15, 0.2) is 115 Å². The first-order chi connectivity index (χ1) is 16.0. The number of benzene rings is 5. The molecule has 0 aromatic heterocycles. The van der Waals surface area contributed by atoms with Crippen molar-refractivity contribution in [2.24, 2.45) is 0 Å². The molecule has 0 aliphatic rings. The van der Waals surface area contributed by atoms with Gasteiger partial charge in [-0.3, -0.25) is 0 Å². The van der Waals surface area contributed by atoms with Crippen LogP contribution in [0, 0.1) is 20.8 Å². The van der Waals surface area contributed by atoms with Crippen LogP contribution in [0.4, 0.5) is 0 Å². The highest BCUT2D eigenvalue weighted by Crippen LogP contribution is 2.35. The van der Waals surface area contributed by atoms with E-state index in [0.29, 0.717) is 0 Å². The second-order valence-electron chi connectivity index (χ2n) is 8.98. The van der Waals surface area contributed by atoms with Crippen molar-refractivity contribution in [3.63, 3.8) is 0 Å². The standard InChI is InChI=1S/C33H28/c1-23-9-13-27(14-10-23)29-17-25(3)18-30(19-29)33-21-31(26-7-5-4-6-8-26)20-32(22-33)28-15-11-24(2)12-16-28/h4-22H,1-3H3. The Morgan fingerprint density at radius 3 is 1.06 bits per heavy atom. The average molecular weight is 425 g/mol. The summed E-state index contributed by atoms with van der Waals surface area (Å²) in [5, 5.41) is 0. The summed E-state index contributed by atoms with van der Waals surface area (Å²) in [5.41, 5.74) is 13.8. The molecule has 0 atom stereocenters. The van der Waals surface area contributed by atoms with Crippen LogP contribution < -0.4 is 0 Å². The van der Waals surface area contributed by atoms with Crippen LogP contribution >= 0.6 is 0 Å². The monoisotopic (exact) mass is 424 g/mol. The molecule has 160 valence electrons. The van der Waals surface area contributed by atoms with Gasteiger partial charge >= 0.3 is 0 Å². The van der Waals surface area contributed by atoms with Gasteiger partial charge in [-0.25, -0.2) is 0 Å². The molecule has 0 radical (unpaired) electrons. The highest BCUT2D eigenvalue weighted by molar-refractivity contribution is 5.83. The lowest BCUT2D eigenvalue weighted by atomic mass is 9.91. The van der Waals surface area contributed by atoms with Crippen molar-refractivity contribution in [3.05, 3.63) is 132 Å². The number of rotatable bonds is 4. The smallest absolute Gasteiger partial charge is 0.0171 e. The van der Waals surface area contributed by atoms with E-state index >= 15 is 0 Å². The Morgan fingerprint density at radius 2 is 0.606 bits per heavy atom. The van der Waals surface area contributed by atoms with E-state index in [1.807, 2.05) is 0 Å². The Labute approximate surface area is 197 Å². The van der Waals surface area contributed by atoms with Crippen molar-refractivity contribution in [1.29, 1.82) is 0 Å². The molecular formula is C33H28. The van der Waals surface area contributed by atoms with Crippen molar-refractivity contribution in [3.8, 4) is 44.5 Å². The maximum atomic E-state index is 2.32. The molecule has 0 fully saturated rings. The molecule has 5 rings (SSSR count). The number of aryl methyl sites for hydroxylation is 3. The quantitative estimate of drug-likeness (QED) is 0.270. The second kappa shape index (κ2) is 8.92. The van der Waals surface area contributed by atoms with Gasteiger partial charge in [-0.1, -0.05) is 102 Å². The summed E-state index contributed by atoms with van der Waals surface area (Å²) >= 11 is 0. The van der Waals surface area contributed by atoms with Crippen LogP contribution in [0.3, 0.4) is 0 Å². The topological polar surface area (TPSA) is 0 Å². The number of hydrogen-bond acceptors (Lipinski definition) is 0. The predicted octanol–water partition coefficient (Wildman–Crippen LogP) is 9.28. The zero-order chi connectivity index (χ0) is 22.8. The van der Waals surface area contributed by atoms with Gasteiger partial charge in [0.05, 0.1) is 0 Å². The summed E-state index contributed by atoms with van der Waals surface area (Å²) in [6.07, 6.45) is 0. The summed E-state index contributed by atoms with van der Waals surface area (Å²) in [5.74, 6) is 0. The maximum absolute atomic E-state index is 2.32. The minimum atomic E-state index is 1.24. The largest absolute Gasteiger partial charge is 0.0622 e. The van der Waals surface area contributed by atoms with Crippen molar-refractivity contribution >= 4 is 0 Å². The summed E-state index contributed by atoms with van der Waals surface area (Å²) in [7, 11) is 0. The van der Waals surface area contributed by atoms with Crippen molar-refractivity contribution in [2.45, 2.75) is 20.8 Å². The van der Waals surface area contributed by atoms with Crippen molar-refractivity contribution in [1.82, 2.24) is 0 Å². The minimum Gasteiger partial charge on any atom is -0.0622 e. The minimum absolute atomic E-state index is 1.24. The Morgan fingerprint density at radius 1 is 0.273 bits per heavy atom. The van der Waals surface area contributed by atoms with E-state index in [9.17, 15) is 0 Å². The van der Waals surface area contributed by atoms with Crippen molar-refractivity contribution < 1.29 is 0 Å². The van der Waals surface area contributed by atoms with E-state index in [-0.39, 0.29) is 0 Å². The highest BCUT2D eigenvalue weighted by Gasteiger charge is 2.09. The van der Waals surface area contributed by atoms with E-state index in [4.69, 9.17) is 0 Å². The SMILES string of the molecule is Cc1ccc(-c2cc(C)cc(-c3cc(-c4ccccc4)cc(-c4ccc(C)cc4)c3)c2)cc1. The molecule has 0 nitrogen and oxygen atoms in total. The molecule has 0 saturated carbocycles. The zero-order valence-electron chi connectivity index (χ0n) is 19.5. The van der Waals surface area contributed by atoms with E-state index in [1.54, 1.807) is 0 Å². The zero-order valence-corrected chi connectivity index (χ0v) is 19.5. The lowest BCUT2D eigenvalue weighted by Crippen LogP contribution is -1.88. The summed E-state index contributed by atoms with van der Waals surface area (Å²) in [6, 6.07) is 42.1. The molecule has 0 aliphatic carbocycles. The fourth-order valence-corrected chi connectivity index (χ4v) is 4.37. The van der Waals surface area contributed by atoms with E-state index in [2.05, 4.69) is 136 Å². The van der Waals surface area contributed by atoms with Crippen LogP contribution in [0.2, 0.25) is 0 Å². The molecule has 0 heteroatoms. The predicted molar refractivity (Wildman–Crippen MR) is 142 cm³/mol. The van der Waals surface area contributed by atoms with Crippen LogP contribution in [-0.2, 0) is 0 Å². The molecule has 5 aromatic rings. The third-order valence-corrected chi connectivity index (χ3v) is 6.22. The molecule has 0 amide bonds. The van der Waals surface area contributed by atoms with Crippen molar-refractivity contribution in [2.75, 3.05) is 0 Å². The van der Waals surface area contributed by atoms with Gasteiger partial charge < -0.3 is 0 Å². The van der Waals surface area contributed by atoms with E-state index in [0.717, 1.165) is 0 Å². The molecule has 0 heterocycles. The fourth-order valence-electron chi connectivity index (χ4n) is 4.37. The van der Waals surface area contributed by atoms with Gasteiger partial charge in [0.2, 0.25) is 0 Å². The second-order valence-corrected chi connectivity index (χ2v) is 8.98. The first-order valence-electron chi connectivity index (χ1n) is 11.5. The van der Waals surface area contributed by atoms with Crippen LogP contribution in [0.25, 0.3) is 44.5 Å². The normalized spacial score (nSPS) is 10.9. The number of hydrogen-bond donors (Lipinski definition) is 0. The molecule has 0 aliphatic heterocycles. The summed E-state index contributed by atoms with van der Waals surface area (Å²) in [4.78, 5) is 0. The molecule has 33 heavy (non-hydrogen) atoms. The molecule has 0 unspecified atom stereocenters. The van der Waals surface area contributed by atoms with Crippen LogP contribution in [0.1, 0.15) is 16.7 Å². The van der Waals surface area contributed by atoms with Gasteiger partial charge in [0.15, 0.2) is 0 Å². The first kappa shape index (κ1) is 21.0. The molecular weight excluding hydrogens is 396 g/mol. The molecule has 0 saturated heterocycles. The third-order valence-electron chi connectivity index (χ3n) is 6.22. The maximum Gasteiger partial charge on any atom is -0.0171 e.